The van der Waals surface area contributed by atoms with Crippen molar-refractivity contribution in [3.05, 3.63) is 57.9 Å². The Bertz CT molecular complexity index is 1420. The van der Waals surface area contributed by atoms with Crippen LogP contribution in [0.5, 0.6) is 5.75 Å². The van der Waals surface area contributed by atoms with Gasteiger partial charge >= 0.3 is 0 Å². The summed E-state index contributed by atoms with van der Waals surface area (Å²) in [5, 5.41) is 12.4. The lowest BCUT2D eigenvalue weighted by Gasteiger charge is -2.16. The number of nitriles is 1. The third-order valence-corrected chi connectivity index (χ3v) is 6.34. The zero-order chi connectivity index (χ0) is 26.5. The van der Waals surface area contributed by atoms with Gasteiger partial charge in [0.2, 0.25) is 0 Å². The molecule has 1 aromatic carbocycles. The van der Waals surface area contributed by atoms with E-state index >= 15 is 0 Å². The molecule has 2 heterocycles. The van der Waals surface area contributed by atoms with E-state index in [0.717, 1.165) is 29.7 Å². The minimum absolute atomic E-state index is 0.0243. The minimum atomic E-state index is -2.80. The Balaban J connectivity index is 1.73. The molecule has 2 aromatic heterocycles. The van der Waals surface area contributed by atoms with Crippen LogP contribution >= 0.6 is 11.3 Å². The summed E-state index contributed by atoms with van der Waals surface area (Å²) in [5.41, 5.74) is 1.32. The van der Waals surface area contributed by atoms with Crippen LogP contribution in [0.4, 0.5) is 13.9 Å². The van der Waals surface area contributed by atoms with Crippen molar-refractivity contribution in [1.82, 2.24) is 9.97 Å². The molecule has 0 saturated heterocycles. The smallest absolute Gasteiger partial charge is 0.280 e. The standard InChI is InChI=1S/C27H24F2N4O3S/c1-15(2)36-14-17-6-8-18(19(10-17)20-11-21(25(28)29)31-13-23(20)35-3)26(34)33-27-32-22(12-30)24(37-27)9-7-16-4-5-16/h6,8,10-11,13,15-16,25H,4-5,14H2,1-3H3,(H,32,33,34). The maximum atomic E-state index is 13.5. The Morgan fingerprint density at radius 1 is 1.27 bits per heavy atom. The number of ether oxygens (including phenoxy) is 2. The van der Waals surface area contributed by atoms with Crippen LogP contribution in [-0.4, -0.2) is 29.1 Å². The van der Waals surface area contributed by atoms with Gasteiger partial charge in [-0.1, -0.05) is 29.2 Å². The van der Waals surface area contributed by atoms with Gasteiger partial charge in [-0.25, -0.2) is 13.8 Å². The number of alkyl halides is 2. The molecule has 190 valence electrons. The lowest BCUT2D eigenvalue weighted by Crippen LogP contribution is -2.14. The van der Waals surface area contributed by atoms with E-state index in [1.165, 1.54) is 19.4 Å². The molecule has 1 aliphatic carbocycles. The summed E-state index contributed by atoms with van der Waals surface area (Å²) in [5.74, 6) is 6.14. The maximum absolute atomic E-state index is 13.5. The molecule has 1 fully saturated rings. The zero-order valence-corrected chi connectivity index (χ0v) is 21.3. The van der Waals surface area contributed by atoms with Crippen molar-refractivity contribution >= 4 is 22.4 Å². The fraction of sp³-hybridized carbons (Fsp3) is 0.333. The van der Waals surface area contributed by atoms with Crippen LogP contribution in [0.15, 0.2) is 30.5 Å². The van der Waals surface area contributed by atoms with E-state index in [4.69, 9.17) is 9.47 Å². The highest BCUT2D eigenvalue weighted by molar-refractivity contribution is 7.16. The molecular weight excluding hydrogens is 498 g/mol. The third kappa shape index (κ3) is 6.48. The molecule has 37 heavy (non-hydrogen) atoms. The van der Waals surface area contributed by atoms with Gasteiger partial charge in [0, 0.05) is 17.0 Å². The summed E-state index contributed by atoms with van der Waals surface area (Å²) < 4.78 is 38.0. The average molecular weight is 523 g/mol. The number of benzene rings is 1. The molecule has 0 radical (unpaired) electrons. The van der Waals surface area contributed by atoms with Gasteiger partial charge in [0.15, 0.2) is 10.8 Å². The second kappa shape index (κ2) is 11.5. The number of nitrogens with zero attached hydrogens (tertiary/aromatic N) is 3. The number of hydrogen-bond acceptors (Lipinski definition) is 7. The quantitative estimate of drug-likeness (QED) is 0.367. The van der Waals surface area contributed by atoms with Crippen molar-refractivity contribution in [2.75, 3.05) is 12.4 Å². The van der Waals surface area contributed by atoms with Crippen molar-refractivity contribution < 1.29 is 23.0 Å². The first-order valence-electron chi connectivity index (χ1n) is 11.6. The van der Waals surface area contributed by atoms with E-state index < -0.39 is 18.0 Å². The van der Waals surface area contributed by atoms with E-state index in [1.807, 2.05) is 19.9 Å². The van der Waals surface area contributed by atoms with E-state index in [2.05, 4.69) is 27.1 Å². The first-order valence-corrected chi connectivity index (χ1v) is 12.4. The summed E-state index contributed by atoms with van der Waals surface area (Å²) in [6.07, 6.45) is 0.474. The first-order chi connectivity index (χ1) is 17.8. The molecule has 7 nitrogen and oxygen atoms in total. The van der Waals surface area contributed by atoms with Gasteiger partial charge in [0.1, 0.15) is 22.4 Å². The Morgan fingerprint density at radius 2 is 2.05 bits per heavy atom. The minimum Gasteiger partial charge on any atom is -0.494 e. The Morgan fingerprint density at radius 3 is 2.70 bits per heavy atom. The van der Waals surface area contributed by atoms with E-state index in [9.17, 15) is 18.8 Å². The highest BCUT2D eigenvalue weighted by Gasteiger charge is 2.22. The van der Waals surface area contributed by atoms with Crippen LogP contribution in [0.25, 0.3) is 11.1 Å². The maximum Gasteiger partial charge on any atom is 0.280 e. The summed E-state index contributed by atoms with van der Waals surface area (Å²) in [7, 11) is 1.40. The number of halogens is 2. The van der Waals surface area contributed by atoms with Crippen LogP contribution in [0.1, 0.15) is 65.3 Å². The van der Waals surface area contributed by atoms with Crippen molar-refractivity contribution in [2.24, 2.45) is 5.92 Å². The van der Waals surface area contributed by atoms with Gasteiger partial charge in [-0.15, -0.1) is 0 Å². The number of nitrogens with one attached hydrogen (secondary N) is 1. The van der Waals surface area contributed by atoms with Crippen molar-refractivity contribution in [1.29, 1.82) is 5.26 Å². The van der Waals surface area contributed by atoms with Crippen LogP contribution in [0, 0.1) is 29.1 Å². The molecule has 3 aromatic rings. The van der Waals surface area contributed by atoms with E-state index in [0.29, 0.717) is 16.4 Å². The predicted molar refractivity (Wildman–Crippen MR) is 135 cm³/mol. The molecule has 0 atom stereocenters. The normalized spacial score (nSPS) is 12.7. The fourth-order valence-corrected chi connectivity index (χ4v) is 4.18. The molecule has 0 bridgehead atoms. The van der Waals surface area contributed by atoms with Crippen LogP contribution in [-0.2, 0) is 11.3 Å². The third-order valence-electron chi connectivity index (χ3n) is 5.45. The Labute approximate surface area is 217 Å². The van der Waals surface area contributed by atoms with Crippen molar-refractivity contribution in [3.63, 3.8) is 0 Å². The molecule has 1 N–H and O–H groups in total. The molecule has 4 rings (SSSR count). The molecule has 1 saturated carbocycles. The number of carbonyl (C=O) groups excluding carboxylic acids is 1. The number of thiazole rings is 1. The molecule has 1 amide bonds. The van der Waals surface area contributed by atoms with Crippen molar-refractivity contribution in [3.8, 4) is 34.8 Å². The number of anilines is 1. The van der Waals surface area contributed by atoms with Crippen molar-refractivity contribution in [2.45, 2.75) is 45.8 Å². The number of hydrogen-bond donors (Lipinski definition) is 1. The molecule has 0 aliphatic heterocycles. The van der Waals surface area contributed by atoms with Crippen LogP contribution in [0.3, 0.4) is 0 Å². The van der Waals surface area contributed by atoms with Gasteiger partial charge in [0.05, 0.1) is 26.0 Å². The molecular formula is C27H24F2N4O3S. The summed E-state index contributed by atoms with van der Waals surface area (Å²) >= 11 is 1.11. The predicted octanol–water partition coefficient (Wildman–Crippen LogP) is 5.96. The van der Waals surface area contributed by atoms with Gasteiger partial charge in [-0.05, 0) is 56.0 Å². The van der Waals surface area contributed by atoms with Gasteiger partial charge in [0.25, 0.3) is 12.3 Å². The Hall–Kier alpha value is -3.86. The molecule has 0 unspecified atom stereocenters. The van der Waals surface area contributed by atoms with Gasteiger partial charge in [-0.3, -0.25) is 15.1 Å². The highest BCUT2D eigenvalue weighted by Crippen LogP contribution is 2.36. The second-order valence-corrected chi connectivity index (χ2v) is 9.66. The summed E-state index contributed by atoms with van der Waals surface area (Å²) in [6.45, 7) is 4.06. The summed E-state index contributed by atoms with van der Waals surface area (Å²) in [4.78, 5) is 21.8. The largest absolute Gasteiger partial charge is 0.494 e. The first kappa shape index (κ1) is 26.2. The lowest BCUT2D eigenvalue weighted by atomic mass is 9.96. The van der Waals surface area contributed by atoms with E-state index in [-0.39, 0.29) is 40.4 Å². The second-order valence-electron chi connectivity index (χ2n) is 8.66. The fourth-order valence-electron chi connectivity index (χ4n) is 3.41. The number of methoxy groups -OCH3 is 1. The monoisotopic (exact) mass is 522 g/mol. The highest BCUT2D eigenvalue weighted by atomic mass is 32.1. The molecule has 10 heteroatoms. The lowest BCUT2D eigenvalue weighted by molar-refractivity contribution is 0.0657. The SMILES string of the molecule is COc1cnc(C(F)F)cc1-c1cc(COC(C)C)ccc1C(=O)Nc1nc(C#N)c(C#CC2CC2)s1. The van der Waals surface area contributed by atoms with Gasteiger partial charge in [-0.2, -0.15) is 5.26 Å². The zero-order valence-electron chi connectivity index (χ0n) is 20.5. The topological polar surface area (TPSA) is 97.1 Å². The van der Waals surface area contributed by atoms with E-state index in [1.54, 1.807) is 18.2 Å². The number of pyridine rings is 1. The summed E-state index contributed by atoms with van der Waals surface area (Å²) in [6, 6.07) is 8.26. The molecule has 0 spiro atoms. The average Bonchev–Trinajstić information content (AvgIpc) is 3.64. The van der Waals surface area contributed by atoms with Crippen LogP contribution < -0.4 is 10.1 Å². The Kier molecular flexibility index (Phi) is 8.12. The number of rotatable bonds is 8. The van der Waals surface area contributed by atoms with Crippen LogP contribution in [0.2, 0.25) is 0 Å². The number of aromatic nitrogens is 2. The van der Waals surface area contributed by atoms with Gasteiger partial charge < -0.3 is 9.47 Å². The molecule has 1 aliphatic rings. The number of carbonyl (C=O) groups is 1. The number of amides is 1.